The number of hydrogen-bond acceptors (Lipinski definition) is 4. The summed E-state index contributed by atoms with van der Waals surface area (Å²) in [4.78, 5) is 27.0. The minimum absolute atomic E-state index is 0.253. The number of carbonyl (C=O) groups excluding carboxylic acids is 2. The molecule has 2 amide bonds. The fraction of sp³-hybridized carbons (Fsp3) is 0. The van der Waals surface area contributed by atoms with Crippen molar-refractivity contribution in [2.75, 3.05) is 10.6 Å². The van der Waals surface area contributed by atoms with Crippen LogP contribution in [0.3, 0.4) is 0 Å². The third kappa shape index (κ3) is 3.66. The number of anilines is 2. The van der Waals surface area contributed by atoms with E-state index in [1.165, 1.54) is 29.7 Å². The van der Waals surface area contributed by atoms with Crippen LogP contribution in [0.15, 0.2) is 29.8 Å². The topological polar surface area (TPSA) is 71.1 Å². The molecule has 0 radical (unpaired) electrons. The van der Waals surface area contributed by atoms with Crippen LogP contribution in [0.5, 0.6) is 0 Å². The first kappa shape index (κ1) is 13.8. The predicted molar refractivity (Wildman–Crippen MR) is 75.8 cm³/mol. The van der Waals surface area contributed by atoms with Crippen molar-refractivity contribution in [3.63, 3.8) is 0 Å². The van der Waals surface area contributed by atoms with Crippen molar-refractivity contribution in [2.45, 2.75) is 0 Å². The van der Waals surface area contributed by atoms with Crippen LogP contribution in [0.2, 0.25) is 10.0 Å². The Morgan fingerprint density at radius 2 is 1.89 bits per heavy atom. The van der Waals surface area contributed by atoms with Crippen LogP contribution in [0.4, 0.5) is 10.8 Å². The highest BCUT2D eigenvalue weighted by Gasteiger charge is 2.16. The fourth-order valence-electron chi connectivity index (χ4n) is 1.21. The highest BCUT2D eigenvalue weighted by Crippen LogP contribution is 2.25. The molecular weight excluding hydrogens is 309 g/mol. The molecule has 2 N–H and O–H groups in total. The largest absolute Gasteiger partial charge is 0.316 e. The zero-order valence-electron chi connectivity index (χ0n) is 9.31. The lowest BCUT2D eigenvalue weighted by Crippen LogP contribution is -2.29. The second-order valence-corrected chi connectivity index (χ2v) is 5.11. The van der Waals surface area contributed by atoms with Gasteiger partial charge in [0.1, 0.15) is 0 Å². The number of rotatable bonds is 2. The van der Waals surface area contributed by atoms with Crippen molar-refractivity contribution >= 4 is 57.2 Å². The Morgan fingerprint density at radius 1 is 1.16 bits per heavy atom. The molecule has 1 aromatic heterocycles. The number of nitrogens with one attached hydrogen (secondary N) is 2. The van der Waals surface area contributed by atoms with Gasteiger partial charge in [-0.3, -0.25) is 14.9 Å². The van der Waals surface area contributed by atoms with Crippen molar-refractivity contribution in [1.82, 2.24) is 4.98 Å². The highest BCUT2D eigenvalue weighted by molar-refractivity contribution is 7.13. The summed E-state index contributed by atoms with van der Waals surface area (Å²) in [5.41, 5.74) is 0.311. The third-order valence-electron chi connectivity index (χ3n) is 2.04. The summed E-state index contributed by atoms with van der Waals surface area (Å²) in [6.45, 7) is 0. The minimum Gasteiger partial charge on any atom is -0.316 e. The molecule has 98 valence electrons. The zero-order chi connectivity index (χ0) is 13.8. The molecule has 8 heteroatoms. The molecule has 0 unspecified atom stereocenters. The molecule has 5 nitrogen and oxygen atoms in total. The summed E-state index contributed by atoms with van der Waals surface area (Å²) in [6.07, 6.45) is 1.52. The molecule has 1 aromatic carbocycles. The van der Waals surface area contributed by atoms with E-state index in [9.17, 15) is 9.59 Å². The van der Waals surface area contributed by atoms with Gasteiger partial charge < -0.3 is 5.32 Å². The first-order valence-corrected chi connectivity index (χ1v) is 6.66. The summed E-state index contributed by atoms with van der Waals surface area (Å²) in [7, 11) is 0. The summed E-state index contributed by atoms with van der Waals surface area (Å²) in [5, 5.41) is 7.47. The Morgan fingerprint density at radius 3 is 2.53 bits per heavy atom. The Balaban J connectivity index is 2.02. The smallest absolute Gasteiger partial charge is 0.315 e. The first-order chi connectivity index (χ1) is 9.06. The highest BCUT2D eigenvalue weighted by atomic mass is 35.5. The van der Waals surface area contributed by atoms with Gasteiger partial charge in [0.25, 0.3) is 0 Å². The Hall–Kier alpha value is -1.63. The van der Waals surface area contributed by atoms with E-state index in [0.717, 1.165) is 0 Å². The predicted octanol–water partition coefficient (Wildman–Crippen LogP) is 3.03. The van der Waals surface area contributed by atoms with Crippen LogP contribution in [0.1, 0.15) is 0 Å². The standard InChI is InChI=1S/C11H7Cl2N3O2S/c12-6-1-2-8(7(13)5-6)15-9(17)10(18)16-11-14-3-4-19-11/h1-5H,(H,15,17)(H,14,16,18). The van der Waals surface area contributed by atoms with Gasteiger partial charge in [0.15, 0.2) is 5.13 Å². The van der Waals surface area contributed by atoms with Gasteiger partial charge in [-0.25, -0.2) is 4.98 Å². The molecule has 2 rings (SSSR count). The Kier molecular flexibility index (Phi) is 4.36. The number of benzene rings is 1. The lowest BCUT2D eigenvalue weighted by molar-refractivity contribution is -0.132. The fourth-order valence-corrected chi connectivity index (χ4v) is 2.19. The van der Waals surface area contributed by atoms with Crippen molar-refractivity contribution in [2.24, 2.45) is 0 Å². The molecule has 0 fully saturated rings. The maximum atomic E-state index is 11.6. The van der Waals surface area contributed by atoms with Crippen LogP contribution in [0.25, 0.3) is 0 Å². The van der Waals surface area contributed by atoms with Crippen molar-refractivity contribution in [3.05, 3.63) is 39.8 Å². The normalized spacial score (nSPS) is 10.0. The molecule has 2 aromatic rings. The number of nitrogens with zero attached hydrogens (tertiary/aromatic N) is 1. The van der Waals surface area contributed by atoms with Gasteiger partial charge in [0, 0.05) is 16.6 Å². The summed E-state index contributed by atoms with van der Waals surface area (Å²) in [6, 6.07) is 4.54. The molecule has 0 spiro atoms. The van der Waals surface area contributed by atoms with E-state index in [1.54, 1.807) is 11.4 Å². The quantitative estimate of drug-likeness (QED) is 0.837. The average Bonchev–Trinajstić information content (AvgIpc) is 2.85. The SMILES string of the molecule is O=C(Nc1nccs1)C(=O)Nc1ccc(Cl)cc1Cl. The van der Waals surface area contributed by atoms with E-state index in [0.29, 0.717) is 15.8 Å². The van der Waals surface area contributed by atoms with Crippen LogP contribution in [-0.4, -0.2) is 16.8 Å². The molecule has 0 saturated heterocycles. The lowest BCUT2D eigenvalue weighted by atomic mass is 10.3. The van der Waals surface area contributed by atoms with Gasteiger partial charge in [-0.15, -0.1) is 11.3 Å². The zero-order valence-corrected chi connectivity index (χ0v) is 11.6. The van der Waals surface area contributed by atoms with Crippen LogP contribution in [0, 0.1) is 0 Å². The molecule has 0 aliphatic heterocycles. The molecule has 1 heterocycles. The van der Waals surface area contributed by atoms with Gasteiger partial charge in [-0.1, -0.05) is 23.2 Å². The maximum absolute atomic E-state index is 11.6. The Bertz CT molecular complexity index is 616. The van der Waals surface area contributed by atoms with E-state index < -0.39 is 11.8 Å². The Labute approximate surface area is 122 Å². The number of thiazole rings is 1. The molecule has 0 aliphatic carbocycles. The number of amides is 2. The summed E-state index contributed by atoms with van der Waals surface area (Å²) in [5.74, 6) is -1.65. The molecule has 0 aliphatic rings. The number of hydrogen-bond donors (Lipinski definition) is 2. The molecule has 0 saturated carbocycles. The third-order valence-corrected chi connectivity index (χ3v) is 3.27. The van der Waals surface area contributed by atoms with Gasteiger partial charge in [0.2, 0.25) is 0 Å². The van der Waals surface area contributed by atoms with Gasteiger partial charge in [-0.05, 0) is 18.2 Å². The number of aromatic nitrogens is 1. The lowest BCUT2D eigenvalue weighted by Gasteiger charge is -2.06. The number of halogens is 2. The molecular formula is C11H7Cl2N3O2S. The molecule has 0 atom stereocenters. The van der Waals surface area contributed by atoms with E-state index in [-0.39, 0.29) is 5.02 Å². The van der Waals surface area contributed by atoms with Crippen LogP contribution < -0.4 is 10.6 Å². The summed E-state index contributed by atoms with van der Waals surface area (Å²) >= 11 is 12.8. The maximum Gasteiger partial charge on any atom is 0.315 e. The molecule has 0 bridgehead atoms. The van der Waals surface area contributed by atoms with Crippen molar-refractivity contribution < 1.29 is 9.59 Å². The number of carbonyl (C=O) groups is 2. The molecule has 19 heavy (non-hydrogen) atoms. The van der Waals surface area contributed by atoms with Crippen LogP contribution in [-0.2, 0) is 9.59 Å². The summed E-state index contributed by atoms with van der Waals surface area (Å²) < 4.78 is 0. The monoisotopic (exact) mass is 315 g/mol. The van der Waals surface area contributed by atoms with Gasteiger partial charge >= 0.3 is 11.8 Å². The van der Waals surface area contributed by atoms with Crippen molar-refractivity contribution in [1.29, 1.82) is 0 Å². The van der Waals surface area contributed by atoms with E-state index in [2.05, 4.69) is 15.6 Å². The van der Waals surface area contributed by atoms with Gasteiger partial charge in [0.05, 0.1) is 10.7 Å². The second-order valence-electron chi connectivity index (χ2n) is 3.37. The minimum atomic E-state index is -0.834. The average molecular weight is 316 g/mol. The van der Waals surface area contributed by atoms with E-state index in [4.69, 9.17) is 23.2 Å². The van der Waals surface area contributed by atoms with E-state index >= 15 is 0 Å². The van der Waals surface area contributed by atoms with Crippen molar-refractivity contribution in [3.8, 4) is 0 Å². The van der Waals surface area contributed by atoms with Gasteiger partial charge in [-0.2, -0.15) is 0 Å². The second kappa shape index (κ2) is 6.01. The first-order valence-electron chi connectivity index (χ1n) is 5.03. The van der Waals surface area contributed by atoms with E-state index in [1.807, 2.05) is 0 Å². The van der Waals surface area contributed by atoms with Crippen LogP contribution >= 0.6 is 34.5 Å².